The lowest BCUT2D eigenvalue weighted by atomic mass is 10.0. The first-order valence-corrected chi connectivity index (χ1v) is 4.53. The Balaban J connectivity index is 3.18. The Morgan fingerprint density at radius 3 is 2.29 bits per heavy atom. The van der Waals surface area contributed by atoms with Crippen LogP contribution in [0.2, 0.25) is 0 Å². The summed E-state index contributed by atoms with van der Waals surface area (Å²) in [5.41, 5.74) is 8.64. The summed E-state index contributed by atoms with van der Waals surface area (Å²) in [6.07, 6.45) is 0. The van der Waals surface area contributed by atoms with Crippen molar-refractivity contribution in [3.8, 4) is 17.6 Å². The number of rotatable bonds is 1. The minimum Gasteiger partial charge on any atom is -0.497 e. The molecule has 0 aliphatic carbocycles. The molecule has 0 saturated heterocycles. The van der Waals surface area contributed by atoms with Crippen molar-refractivity contribution in [1.82, 2.24) is 0 Å². The predicted octanol–water partition coefficient (Wildman–Crippen LogP) is 1.62. The first kappa shape index (κ1) is 10.6. The lowest BCUT2D eigenvalue weighted by Crippen LogP contribution is -1.95. The summed E-state index contributed by atoms with van der Waals surface area (Å²) in [5, 5.41) is 0. The van der Waals surface area contributed by atoms with Crippen LogP contribution in [0.25, 0.3) is 0 Å². The van der Waals surface area contributed by atoms with E-state index in [0.29, 0.717) is 6.54 Å². The van der Waals surface area contributed by atoms with Gasteiger partial charge in [-0.15, -0.1) is 0 Å². The van der Waals surface area contributed by atoms with E-state index in [9.17, 15) is 0 Å². The maximum Gasteiger partial charge on any atom is 0.119 e. The summed E-state index contributed by atoms with van der Waals surface area (Å²) in [7, 11) is 1.67. The molecular formula is C12H15NO. The van der Waals surface area contributed by atoms with E-state index in [4.69, 9.17) is 10.5 Å². The number of methoxy groups -OCH3 is 1. The second-order valence-electron chi connectivity index (χ2n) is 3.14. The van der Waals surface area contributed by atoms with E-state index < -0.39 is 0 Å². The molecular weight excluding hydrogens is 174 g/mol. The minimum atomic E-state index is 0.394. The van der Waals surface area contributed by atoms with Crippen LogP contribution in [0.5, 0.6) is 5.75 Å². The molecule has 2 N–H and O–H groups in total. The van der Waals surface area contributed by atoms with E-state index in [1.54, 1.807) is 7.11 Å². The number of hydrogen-bond donors (Lipinski definition) is 1. The second-order valence-corrected chi connectivity index (χ2v) is 3.14. The fraction of sp³-hybridized carbons (Fsp3) is 0.333. The Kier molecular flexibility index (Phi) is 3.55. The summed E-state index contributed by atoms with van der Waals surface area (Å²) in [6, 6.07) is 3.96. The number of aryl methyl sites for hydroxylation is 2. The van der Waals surface area contributed by atoms with Crippen LogP contribution in [0, 0.1) is 25.7 Å². The topological polar surface area (TPSA) is 35.2 Å². The molecule has 0 heterocycles. The molecule has 1 aromatic carbocycles. The molecule has 0 aliphatic rings. The van der Waals surface area contributed by atoms with Crippen LogP contribution in [0.1, 0.15) is 16.7 Å². The highest BCUT2D eigenvalue weighted by Crippen LogP contribution is 2.20. The Morgan fingerprint density at radius 2 is 1.86 bits per heavy atom. The van der Waals surface area contributed by atoms with E-state index in [1.165, 1.54) is 0 Å². The van der Waals surface area contributed by atoms with Crippen molar-refractivity contribution in [3.63, 3.8) is 0 Å². The molecule has 0 radical (unpaired) electrons. The van der Waals surface area contributed by atoms with Gasteiger partial charge in [0, 0.05) is 5.56 Å². The maximum atomic E-state index is 5.33. The molecule has 0 atom stereocenters. The van der Waals surface area contributed by atoms with Gasteiger partial charge < -0.3 is 10.5 Å². The van der Waals surface area contributed by atoms with Gasteiger partial charge in [-0.25, -0.2) is 0 Å². The zero-order valence-corrected chi connectivity index (χ0v) is 8.85. The van der Waals surface area contributed by atoms with E-state index >= 15 is 0 Å². The van der Waals surface area contributed by atoms with Gasteiger partial charge in [0.1, 0.15) is 5.75 Å². The Hall–Kier alpha value is -1.46. The maximum absolute atomic E-state index is 5.33. The molecule has 0 amide bonds. The molecule has 1 aromatic rings. The molecule has 2 nitrogen and oxygen atoms in total. The first-order valence-electron chi connectivity index (χ1n) is 4.53. The predicted molar refractivity (Wildman–Crippen MR) is 58.4 cm³/mol. The molecule has 0 saturated carbocycles. The summed E-state index contributed by atoms with van der Waals surface area (Å²) >= 11 is 0. The fourth-order valence-corrected chi connectivity index (χ4v) is 1.38. The highest BCUT2D eigenvalue weighted by Gasteiger charge is 2.02. The summed E-state index contributed by atoms with van der Waals surface area (Å²) < 4.78 is 5.16. The average molecular weight is 189 g/mol. The van der Waals surface area contributed by atoms with Crippen LogP contribution < -0.4 is 10.5 Å². The van der Waals surface area contributed by atoms with Crippen LogP contribution in [-0.2, 0) is 0 Å². The van der Waals surface area contributed by atoms with Crippen molar-refractivity contribution >= 4 is 0 Å². The van der Waals surface area contributed by atoms with Crippen LogP contribution in [0.15, 0.2) is 12.1 Å². The zero-order chi connectivity index (χ0) is 10.6. The molecule has 0 unspecified atom stereocenters. The van der Waals surface area contributed by atoms with E-state index in [2.05, 4.69) is 11.8 Å². The molecule has 0 fully saturated rings. The molecule has 0 bridgehead atoms. The summed E-state index contributed by atoms with van der Waals surface area (Å²) in [6.45, 7) is 4.44. The number of benzene rings is 1. The zero-order valence-electron chi connectivity index (χ0n) is 8.85. The Bertz CT molecular complexity index is 362. The lowest BCUT2D eigenvalue weighted by molar-refractivity contribution is 0.414. The highest BCUT2D eigenvalue weighted by molar-refractivity contribution is 5.50. The summed E-state index contributed by atoms with van der Waals surface area (Å²) in [5.74, 6) is 6.80. The van der Waals surface area contributed by atoms with Crippen molar-refractivity contribution in [2.75, 3.05) is 13.7 Å². The van der Waals surface area contributed by atoms with Crippen molar-refractivity contribution < 1.29 is 4.74 Å². The largest absolute Gasteiger partial charge is 0.497 e. The van der Waals surface area contributed by atoms with Gasteiger partial charge >= 0.3 is 0 Å². The summed E-state index contributed by atoms with van der Waals surface area (Å²) in [4.78, 5) is 0. The van der Waals surface area contributed by atoms with Gasteiger partial charge in [-0.2, -0.15) is 0 Å². The number of ether oxygens (including phenoxy) is 1. The van der Waals surface area contributed by atoms with Crippen LogP contribution in [0.4, 0.5) is 0 Å². The van der Waals surface area contributed by atoms with Gasteiger partial charge in [0.25, 0.3) is 0 Å². The third kappa shape index (κ3) is 2.27. The van der Waals surface area contributed by atoms with Gasteiger partial charge in [0.2, 0.25) is 0 Å². The van der Waals surface area contributed by atoms with Crippen molar-refractivity contribution in [3.05, 3.63) is 28.8 Å². The van der Waals surface area contributed by atoms with E-state index in [1.807, 2.05) is 26.0 Å². The third-order valence-electron chi connectivity index (χ3n) is 2.06. The van der Waals surface area contributed by atoms with Gasteiger partial charge in [-0.3, -0.25) is 0 Å². The minimum absolute atomic E-state index is 0.394. The fourth-order valence-electron chi connectivity index (χ4n) is 1.38. The standard InChI is InChI=1S/C12H15NO/c1-9-7-11(14-3)8-10(2)12(9)5-4-6-13/h7-8H,6,13H2,1-3H3. The molecule has 0 spiro atoms. The Morgan fingerprint density at radius 1 is 1.29 bits per heavy atom. The number of nitrogens with two attached hydrogens (primary N) is 1. The first-order chi connectivity index (χ1) is 6.69. The lowest BCUT2D eigenvalue weighted by Gasteiger charge is -2.06. The molecule has 74 valence electrons. The van der Waals surface area contributed by atoms with Crippen LogP contribution >= 0.6 is 0 Å². The molecule has 0 aromatic heterocycles. The van der Waals surface area contributed by atoms with E-state index in [-0.39, 0.29) is 0 Å². The van der Waals surface area contributed by atoms with E-state index in [0.717, 1.165) is 22.4 Å². The van der Waals surface area contributed by atoms with Crippen molar-refractivity contribution in [2.45, 2.75) is 13.8 Å². The molecule has 0 aliphatic heterocycles. The van der Waals surface area contributed by atoms with Gasteiger partial charge in [-0.05, 0) is 37.1 Å². The number of hydrogen-bond acceptors (Lipinski definition) is 2. The SMILES string of the molecule is COc1cc(C)c(C#CCN)c(C)c1. The van der Waals surface area contributed by atoms with Gasteiger partial charge in [0.15, 0.2) is 0 Å². The normalized spacial score (nSPS) is 9.14. The molecule has 1 rings (SSSR count). The quantitative estimate of drug-likeness (QED) is 0.681. The van der Waals surface area contributed by atoms with Crippen molar-refractivity contribution in [1.29, 1.82) is 0 Å². The van der Waals surface area contributed by atoms with Crippen molar-refractivity contribution in [2.24, 2.45) is 5.73 Å². The second kappa shape index (κ2) is 4.69. The van der Waals surface area contributed by atoms with Crippen LogP contribution in [0.3, 0.4) is 0 Å². The molecule has 14 heavy (non-hydrogen) atoms. The monoisotopic (exact) mass is 189 g/mol. The molecule has 2 heteroatoms. The average Bonchev–Trinajstić information content (AvgIpc) is 2.16. The van der Waals surface area contributed by atoms with Gasteiger partial charge in [0.05, 0.1) is 13.7 Å². The Labute approximate surface area is 85.1 Å². The highest BCUT2D eigenvalue weighted by atomic mass is 16.5. The van der Waals surface area contributed by atoms with Gasteiger partial charge in [-0.1, -0.05) is 11.8 Å². The third-order valence-corrected chi connectivity index (χ3v) is 2.06. The smallest absolute Gasteiger partial charge is 0.119 e. The van der Waals surface area contributed by atoms with Crippen LogP contribution in [-0.4, -0.2) is 13.7 Å².